The highest BCUT2D eigenvalue weighted by Gasteiger charge is 2.11. The van der Waals surface area contributed by atoms with Gasteiger partial charge in [-0.1, -0.05) is 41.4 Å². The lowest BCUT2D eigenvalue weighted by molar-refractivity contribution is 1.48. The number of halogens is 2. The maximum atomic E-state index is 6.23. The zero-order valence-electron chi connectivity index (χ0n) is 12.1. The van der Waals surface area contributed by atoms with Gasteiger partial charge in [-0.05, 0) is 48.0 Å². The van der Waals surface area contributed by atoms with Crippen molar-refractivity contribution < 1.29 is 0 Å². The molecule has 4 rings (SSSR count). The minimum absolute atomic E-state index is 0.635. The second-order valence-corrected chi connectivity index (χ2v) is 8.22. The minimum Gasteiger partial charge on any atom is -0.358 e. The van der Waals surface area contributed by atoms with E-state index < -0.39 is 0 Å². The summed E-state index contributed by atoms with van der Waals surface area (Å²) in [5.74, 6) is 0. The Morgan fingerprint density at radius 2 is 2.00 bits per heavy atom. The largest absolute Gasteiger partial charge is 0.358 e. The molecule has 2 aromatic carbocycles. The molecule has 6 heteroatoms. The van der Waals surface area contributed by atoms with Gasteiger partial charge in [0, 0.05) is 16.3 Å². The van der Waals surface area contributed by atoms with Gasteiger partial charge in [0.15, 0.2) is 0 Å². The predicted molar refractivity (Wildman–Crippen MR) is 104 cm³/mol. The zero-order chi connectivity index (χ0) is 16.0. The van der Waals surface area contributed by atoms with E-state index in [1.165, 1.54) is 19.9 Å². The molecule has 0 unspecified atom stereocenters. The van der Waals surface area contributed by atoms with Crippen LogP contribution >= 0.6 is 46.5 Å². The van der Waals surface area contributed by atoms with Crippen molar-refractivity contribution >= 4 is 73.2 Å². The molecule has 0 aliphatic carbocycles. The number of aryl methyl sites for hydroxylation is 1. The third-order valence-electron chi connectivity index (χ3n) is 3.72. The van der Waals surface area contributed by atoms with Gasteiger partial charge in [-0.25, -0.2) is 0 Å². The van der Waals surface area contributed by atoms with Gasteiger partial charge in [0.25, 0.3) is 0 Å². The summed E-state index contributed by atoms with van der Waals surface area (Å²) in [6, 6.07) is 12.4. The molecule has 2 heterocycles. The van der Waals surface area contributed by atoms with Gasteiger partial charge in [0.05, 0.1) is 25.5 Å². The summed E-state index contributed by atoms with van der Waals surface area (Å²) in [5, 5.41) is 3.42. The van der Waals surface area contributed by atoms with Gasteiger partial charge in [0.1, 0.15) is 0 Å². The molecule has 2 nitrogen and oxygen atoms in total. The summed E-state index contributed by atoms with van der Waals surface area (Å²) in [6.45, 7) is 2.14. The molecule has 0 saturated heterocycles. The SMILES string of the molecule is Cc1cccc2cc(SNc3ccc(Cl)c4c(Cl)c[nH]c34)sc12. The molecule has 0 radical (unpaired) electrons. The van der Waals surface area contributed by atoms with E-state index in [2.05, 4.69) is 40.9 Å². The molecule has 0 saturated carbocycles. The Hall–Kier alpha value is -1.33. The number of aromatic nitrogens is 1. The number of hydrogen-bond acceptors (Lipinski definition) is 3. The molecule has 0 spiro atoms. The first-order valence-electron chi connectivity index (χ1n) is 7.00. The Morgan fingerprint density at radius 3 is 2.83 bits per heavy atom. The number of aromatic amines is 1. The highest BCUT2D eigenvalue weighted by atomic mass is 35.5. The van der Waals surface area contributed by atoms with Crippen LogP contribution in [-0.2, 0) is 0 Å². The first kappa shape index (κ1) is 15.2. The number of H-pyrrole nitrogens is 1. The fraction of sp³-hybridized carbons (Fsp3) is 0.0588. The number of benzene rings is 2. The van der Waals surface area contributed by atoms with Crippen LogP contribution in [0.3, 0.4) is 0 Å². The average molecular weight is 379 g/mol. The lowest BCUT2D eigenvalue weighted by Crippen LogP contribution is -1.87. The highest BCUT2D eigenvalue weighted by molar-refractivity contribution is 8.02. The lowest BCUT2D eigenvalue weighted by Gasteiger charge is -2.06. The van der Waals surface area contributed by atoms with Crippen molar-refractivity contribution in [1.82, 2.24) is 4.98 Å². The maximum Gasteiger partial charge on any atom is 0.0820 e. The third-order valence-corrected chi connectivity index (χ3v) is 6.55. The van der Waals surface area contributed by atoms with E-state index in [0.29, 0.717) is 10.0 Å². The normalized spacial score (nSPS) is 11.4. The smallest absolute Gasteiger partial charge is 0.0820 e. The van der Waals surface area contributed by atoms with Crippen LogP contribution in [0.25, 0.3) is 21.0 Å². The molecule has 4 aromatic rings. The van der Waals surface area contributed by atoms with Crippen molar-refractivity contribution in [2.75, 3.05) is 4.72 Å². The number of anilines is 1. The molecule has 23 heavy (non-hydrogen) atoms. The van der Waals surface area contributed by atoms with Crippen molar-refractivity contribution in [1.29, 1.82) is 0 Å². The Balaban J connectivity index is 1.66. The highest BCUT2D eigenvalue weighted by Crippen LogP contribution is 2.38. The second kappa shape index (κ2) is 5.95. The Morgan fingerprint density at radius 1 is 1.13 bits per heavy atom. The van der Waals surface area contributed by atoms with Crippen LogP contribution < -0.4 is 4.72 Å². The van der Waals surface area contributed by atoms with E-state index >= 15 is 0 Å². The summed E-state index contributed by atoms with van der Waals surface area (Å²) in [7, 11) is 0. The molecule has 0 bridgehead atoms. The first-order valence-corrected chi connectivity index (χ1v) is 9.39. The van der Waals surface area contributed by atoms with E-state index in [4.69, 9.17) is 23.2 Å². The van der Waals surface area contributed by atoms with Gasteiger partial charge in [-0.15, -0.1) is 11.3 Å². The summed E-state index contributed by atoms with van der Waals surface area (Å²) in [5.41, 5.74) is 3.20. The average Bonchev–Trinajstić information content (AvgIpc) is 3.12. The maximum absolute atomic E-state index is 6.23. The Bertz CT molecular complexity index is 1020. The molecular formula is C17H12Cl2N2S2. The van der Waals surface area contributed by atoms with E-state index in [9.17, 15) is 0 Å². The number of rotatable bonds is 3. The predicted octanol–water partition coefficient (Wildman–Crippen LogP) is 7.12. The molecule has 0 atom stereocenters. The lowest BCUT2D eigenvalue weighted by atomic mass is 10.2. The van der Waals surface area contributed by atoms with Crippen LogP contribution in [0.15, 0.2) is 46.8 Å². The summed E-state index contributed by atoms with van der Waals surface area (Å²) in [4.78, 5) is 3.18. The molecule has 0 aliphatic heterocycles. The number of hydrogen-bond donors (Lipinski definition) is 2. The van der Waals surface area contributed by atoms with Gasteiger partial charge < -0.3 is 9.71 Å². The monoisotopic (exact) mass is 378 g/mol. The Labute approximate surface area is 151 Å². The van der Waals surface area contributed by atoms with Gasteiger partial charge in [-0.2, -0.15) is 0 Å². The van der Waals surface area contributed by atoms with Crippen LogP contribution in [0.5, 0.6) is 0 Å². The molecule has 0 aliphatic rings. The van der Waals surface area contributed by atoms with E-state index in [-0.39, 0.29) is 0 Å². The van der Waals surface area contributed by atoms with Crippen LogP contribution in [0.1, 0.15) is 5.56 Å². The van der Waals surface area contributed by atoms with Gasteiger partial charge >= 0.3 is 0 Å². The molecule has 0 amide bonds. The van der Waals surface area contributed by atoms with Crippen LogP contribution in [-0.4, -0.2) is 4.98 Å². The third kappa shape index (κ3) is 2.70. The number of thiophene rings is 1. The van der Waals surface area contributed by atoms with Crippen LogP contribution in [0.2, 0.25) is 10.0 Å². The first-order chi connectivity index (χ1) is 11.1. The fourth-order valence-electron chi connectivity index (χ4n) is 2.59. The minimum atomic E-state index is 0.635. The van der Waals surface area contributed by atoms with Crippen molar-refractivity contribution in [3.8, 4) is 0 Å². The number of nitrogens with one attached hydrogen (secondary N) is 2. The topological polar surface area (TPSA) is 27.8 Å². The summed E-state index contributed by atoms with van der Waals surface area (Å²) < 4.78 is 5.96. The molecular weight excluding hydrogens is 367 g/mol. The van der Waals surface area contributed by atoms with E-state index in [1.807, 2.05) is 12.1 Å². The molecule has 2 aromatic heterocycles. The van der Waals surface area contributed by atoms with Crippen LogP contribution in [0, 0.1) is 6.92 Å². The summed E-state index contributed by atoms with van der Waals surface area (Å²) in [6.07, 6.45) is 1.76. The van der Waals surface area contributed by atoms with Crippen molar-refractivity contribution in [3.63, 3.8) is 0 Å². The van der Waals surface area contributed by atoms with Crippen LogP contribution in [0.4, 0.5) is 5.69 Å². The van der Waals surface area contributed by atoms with E-state index in [1.54, 1.807) is 29.5 Å². The Kier molecular flexibility index (Phi) is 3.93. The van der Waals surface area contributed by atoms with Crippen molar-refractivity contribution in [2.24, 2.45) is 0 Å². The summed E-state index contributed by atoms with van der Waals surface area (Å²) >= 11 is 15.8. The fourth-order valence-corrected chi connectivity index (χ4v) is 5.12. The quantitative estimate of drug-likeness (QED) is 0.371. The van der Waals surface area contributed by atoms with Gasteiger partial charge in [0.2, 0.25) is 0 Å². The zero-order valence-corrected chi connectivity index (χ0v) is 15.3. The molecule has 2 N–H and O–H groups in total. The van der Waals surface area contributed by atoms with Gasteiger partial charge in [-0.3, -0.25) is 0 Å². The second-order valence-electron chi connectivity index (χ2n) is 5.24. The van der Waals surface area contributed by atoms with Crippen molar-refractivity contribution in [3.05, 3.63) is 58.2 Å². The van der Waals surface area contributed by atoms with Crippen molar-refractivity contribution in [2.45, 2.75) is 11.1 Å². The molecule has 116 valence electrons. The number of fused-ring (bicyclic) bond motifs is 2. The standard InChI is InChI=1S/C17H12Cl2N2S2/c1-9-3-2-4-10-7-14(22-17(9)10)23-21-13-6-5-11(18)15-12(19)8-20-16(13)15/h2-8,20-21H,1H3. The van der Waals surface area contributed by atoms with E-state index in [0.717, 1.165) is 16.6 Å². The molecule has 0 fully saturated rings.